The zero-order valence-corrected chi connectivity index (χ0v) is 8.76. The molecule has 0 saturated heterocycles. The fourth-order valence-corrected chi connectivity index (χ4v) is 0.976. The van der Waals surface area contributed by atoms with E-state index in [-0.39, 0.29) is 5.69 Å². The molecule has 6 heteroatoms. The van der Waals surface area contributed by atoms with Crippen LogP contribution in [0.1, 0.15) is 12.5 Å². The van der Waals surface area contributed by atoms with Crippen molar-refractivity contribution in [3.8, 4) is 5.88 Å². The molecule has 15 heavy (non-hydrogen) atoms. The summed E-state index contributed by atoms with van der Waals surface area (Å²) < 4.78 is 10.2. The Kier molecular flexibility index (Phi) is 3.56. The number of aryl methyl sites for hydroxylation is 1. The second-order valence-corrected chi connectivity index (χ2v) is 2.99. The second-order valence-electron chi connectivity index (χ2n) is 2.99. The third-order valence-electron chi connectivity index (χ3n) is 1.84. The average Bonchev–Trinajstić information content (AvgIpc) is 2.20. The predicted octanol–water partition coefficient (Wildman–Crippen LogP) is 1.67. The fraction of sp³-hybridized carbons (Fsp3) is 0.444. The number of ether oxygens (including phenoxy) is 2. The molecule has 0 spiro atoms. The third kappa shape index (κ3) is 2.88. The van der Waals surface area contributed by atoms with Gasteiger partial charge in [-0.05, 0) is 13.8 Å². The van der Waals surface area contributed by atoms with Crippen LogP contribution in [0.5, 0.6) is 5.88 Å². The first-order valence-electron chi connectivity index (χ1n) is 4.35. The molecule has 0 fully saturated rings. The van der Waals surface area contributed by atoms with Crippen LogP contribution in [-0.2, 0) is 4.74 Å². The zero-order chi connectivity index (χ0) is 11.4. The Morgan fingerprint density at radius 3 is 2.73 bits per heavy atom. The maximum atomic E-state index is 10.4. The number of methoxy groups -OCH3 is 1. The topological polar surface area (TPSA) is 74.5 Å². The molecule has 82 valence electrons. The molecule has 1 rings (SSSR count). The minimum Gasteiger partial charge on any atom is -0.448 e. The predicted molar refractivity (Wildman–Crippen MR) is 52.7 cm³/mol. The van der Waals surface area contributed by atoms with Gasteiger partial charge in [0.25, 0.3) is 5.69 Å². The first-order chi connectivity index (χ1) is 7.04. The first kappa shape index (κ1) is 11.4. The number of nitro groups is 1. The van der Waals surface area contributed by atoms with E-state index >= 15 is 0 Å². The van der Waals surface area contributed by atoms with Crippen molar-refractivity contribution in [1.82, 2.24) is 4.98 Å². The quantitative estimate of drug-likeness (QED) is 0.431. The summed E-state index contributed by atoms with van der Waals surface area (Å²) in [6, 6.07) is 1.41. The molecular formula is C9H12N2O4. The number of aromatic nitrogens is 1. The zero-order valence-electron chi connectivity index (χ0n) is 8.76. The average molecular weight is 212 g/mol. The lowest BCUT2D eigenvalue weighted by Gasteiger charge is -2.12. The van der Waals surface area contributed by atoms with Crippen molar-refractivity contribution in [3.63, 3.8) is 0 Å². The molecule has 6 nitrogen and oxygen atoms in total. The SMILES string of the molecule is COC(C)Oc1ncc([N+](=O)[O-])cc1C. The Morgan fingerprint density at radius 1 is 1.60 bits per heavy atom. The smallest absolute Gasteiger partial charge is 0.288 e. The minimum atomic E-state index is -0.496. The summed E-state index contributed by atoms with van der Waals surface area (Å²) in [5.74, 6) is 0.343. The molecule has 1 aromatic rings. The van der Waals surface area contributed by atoms with Crippen LogP contribution in [-0.4, -0.2) is 23.3 Å². The number of nitrogens with zero attached hydrogens (tertiary/aromatic N) is 2. The van der Waals surface area contributed by atoms with Crippen LogP contribution in [0.15, 0.2) is 12.3 Å². The van der Waals surface area contributed by atoms with Gasteiger partial charge in [0.15, 0.2) is 6.29 Å². The maximum Gasteiger partial charge on any atom is 0.288 e. The first-order valence-corrected chi connectivity index (χ1v) is 4.35. The molecule has 0 saturated carbocycles. The lowest BCUT2D eigenvalue weighted by atomic mass is 10.3. The van der Waals surface area contributed by atoms with Crippen LogP contribution in [0.25, 0.3) is 0 Å². The number of hydrogen-bond donors (Lipinski definition) is 0. The van der Waals surface area contributed by atoms with Crippen LogP contribution < -0.4 is 4.74 Å². The highest BCUT2D eigenvalue weighted by atomic mass is 16.7. The highest BCUT2D eigenvalue weighted by Crippen LogP contribution is 2.20. The molecule has 1 unspecified atom stereocenters. The van der Waals surface area contributed by atoms with Gasteiger partial charge in [-0.1, -0.05) is 0 Å². The Labute approximate surface area is 87.0 Å². The molecule has 1 aromatic heterocycles. The molecule has 0 bridgehead atoms. The Morgan fingerprint density at radius 2 is 2.27 bits per heavy atom. The Hall–Kier alpha value is -1.69. The van der Waals surface area contributed by atoms with Gasteiger partial charge < -0.3 is 9.47 Å². The van der Waals surface area contributed by atoms with Gasteiger partial charge in [0.05, 0.1) is 4.92 Å². The highest BCUT2D eigenvalue weighted by Gasteiger charge is 2.12. The minimum absolute atomic E-state index is 0.0510. The van der Waals surface area contributed by atoms with Crippen LogP contribution >= 0.6 is 0 Å². The summed E-state index contributed by atoms with van der Waals surface area (Å²) >= 11 is 0. The van der Waals surface area contributed by atoms with Gasteiger partial charge in [-0.3, -0.25) is 10.1 Å². The Balaban J connectivity index is 2.88. The highest BCUT2D eigenvalue weighted by molar-refractivity contribution is 5.36. The normalized spacial score (nSPS) is 12.2. The van der Waals surface area contributed by atoms with Crippen LogP contribution in [0, 0.1) is 17.0 Å². The van der Waals surface area contributed by atoms with E-state index in [1.807, 2.05) is 0 Å². The van der Waals surface area contributed by atoms with Crippen molar-refractivity contribution < 1.29 is 14.4 Å². The van der Waals surface area contributed by atoms with Gasteiger partial charge in [-0.15, -0.1) is 0 Å². The molecule has 0 aliphatic rings. The van der Waals surface area contributed by atoms with Crippen molar-refractivity contribution in [2.75, 3.05) is 7.11 Å². The second kappa shape index (κ2) is 4.70. The van der Waals surface area contributed by atoms with Crippen LogP contribution in [0.3, 0.4) is 0 Å². The molecule has 1 heterocycles. The summed E-state index contributed by atoms with van der Waals surface area (Å²) in [4.78, 5) is 13.8. The summed E-state index contributed by atoms with van der Waals surface area (Å²) in [5, 5.41) is 10.4. The summed E-state index contributed by atoms with van der Waals surface area (Å²) in [7, 11) is 1.51. The van der Waals surface area contributed by atoms with Gasteiger partial charge in [0.1, 0.15) is 6.20 Å². The number of rotatable bonds is 4. The van der Waals surface area contributed by atoms with Crippen molar-refractivity contribution >= 4 is 5.69 Å². The third-order valence-corrected chi connectivity index (χ3v) is 1.84. The van der Waals surface area contributed by atoms with Crippen LogP contribution in [0.4, 0.5) is 5.69 Å². The fourth-order valence-electron chi connectivity index (χ4n) is 0.976. The van der Waals surface area contributed by atoms with E-state index in [0.717, 1.165) is 6.20 Å². The van der Waals surface area contributed by atoms with Crippen molar-refractivity contribution in [2.45, 2.75) is 20.1 Å². The van der Waals surface area contributed by atoms with Gasteiger partial charge in [-0.2, -0.15) is 0 Å². The summed E-state index contributed by atoms with van der Waals surface area (Å²) in [5.41, 5.74) is 0.554. The number of hydrogen-bond acceptors (Lipinski definition) is 5. The van der Waals surface area contributed by atoms with E-state index in [1.165, 1.54) is 13.2 Å². The maximum absolute atomic E-state index is 10.4. The molecule has 0 N–H and O–H groups in total. The summed E-state index contributed by atoms with van der Waals surface area (Å²) in [6.45, 7) is 3.40. The van der Waals surface area contributed by atoms with Gasteiger partial charge in [0, 0.05) is 18.7 Å². The molecule has 0 radical (unpaired) electrons. The molecule has 0 aromatic carbocycles. The molecule has 0 aliphatic carbocycles. The van der Waals surface area contributed by atoms with Gasteiger partial charge >= 0.3 is 0 Å². The van der Waals surface area contributed by atoms with Crippen LogP contribution in [0.2, 0.25) is 0 Å². The lowest BCUT2D eigenvalue weighted by molar-refractivity contribution is -0.385. The van der Waals surface area contributed by atoms with Gasteiger partial charge in [-0.25, -0.2) is 4.98 Å². The molecular weight excluding hydrogens is 200 g/mol. The standard InChI is InChI=1S/C9H12N2O4/c1-6-4-8(11(12)13)5-10-9(6)15-7(2)14-3/h4-5,7H,1-3H3. The summed E-state index contributed by atoms with van der Waals surface area (Å²) in [6.07, 6.45) is 0.725. The van der Waals surface area contributed by atoms with E-state index < -0.39 is 11.2 Å². The van der Waals surface area contributed by atoms with Gasteiger partial charge in [0.2, 0.25) is 5.88 Å². The van der Waals surface area contributed by atoms with E-state index in [2.05, 4.69) is 4.98 Å². The van der Waals surface area contributed by atoms with Crippen molar-refractivity contribution in [3.05, 3.63) is 27.9 Å². The largest absolute Gasteiger partial charge is 0.448 e. The van der Waals surface area contributed by atoms with E-state index in [9.17, 15) is 10.1 Å². The van der Waals surface area contributed by atoms with Crippen molar-refractivity contribution in [2.24, 2.45) is 0 Å². The Bertz CT molecular complexity index is 367. The monoisotopic (exact) mass is 212 g/mol. The van der Waals surface area contributed by atoms with E-state index in [0.29, 0.717) is 11.4 Å². The lowest BCUT2D eigenvalue weighted by Crippen LogP contribution is -2.15. The molecule has 0 amide bonds. The molecule has 1 atom stereocenters. The van der Waals surface area contributed by atoms with Crippen molar-refractivity contribution in [1.29, 1.82) is 0 Å². The van der Waals surface area contributed by atoms with E-state index in [1.54, 1.807) is 13.8 Å². The van der Waals surface area contributed by atoms with E-state index in [4.69, 9.17) is 9.47 Å². The molecule has 0 aliphatic heterocycles. The number of pyridine rings is 1.